The summed E-state index contributed by atoms with van der Waals surface area (Å²) in [4.78, 5) is 2.48. The van der Waals surface area contributed by atoms with Crippen LogP contribution in [0.25, 0.3) is 0 Å². The first-order valence-corrected chi connectivity index (χ1v) is 9.44. The van der Waals surface area contributed by atoms with E-state index in [2.05, 4.69) is 9.62 Å². The fourth-order valence-electron chi connectivity index (χ4n) is 1.99. The van der Waals surface area contributed by atoms with Gasteiger partial charge >= 0.3 is 0 Å². The highest BCUT2D eigenvalue weighted by atomic mass is 32.2. The average molecular weight is 330 g/mol. The molecule has 1 N–H and O–H groups in total. The summed E-state index contributed by atoms with van der Waals surface area (Å²) in [6.07, 6.45) is 2.39. The zero-order valence-electron chi connectivity index (χ0n) is 11.1. The van der Waals surface area contributed by atoms with Gasteiger partial charge in [-0.15, -0.1) is 0 Å². The molecule has 1 aromatic carbocycles. The number of hydrogen-bond acceptors (Lipinski definition) is 4. The molecule has 20 heavy (non-hydrogen) atoms. The van der Waals surface area contributed by atoms with Crippen molar-refractivity contribution < 1.29 is 8.42 Å². The lowest BCUT2D eigenvalue weighted by atomic mass is 10.4. The third kappa shape index (κ3) is 4.44. The molecule has 1 aromatic rings. The van der Waals surface area contributed by atoms with Gasteiger partial charge in [0.1, 0.15) is 4.32 Å². The Bertz CT molecular complexity index is 540. The van der Waals surface area contributed by atoms with Crippen LogP contribution in [-0.2, 0) is 10.0 Å². The zero-order valence-corrected chi connectivity index (χ0v) is 13.6. The molecule has 1 aliphatic rings. The molecule has 1 aliphatic heterocycles. The quantitative estimate of drug-likeness (QED) is 0.662. The van der Waals surface area contributed by atoms with Crippen LogP contribution in [0.15, 0.2) is 35.2 Å². The number of rotatable bonds is 5. The van der Waals surface area contributed by atoms with E-state index in [1.807, 2.05) is 0 Å². The number of hydrogen-bond donors (Lipinski definition) is 1. The second kappa shape index (κ2) is 7.40. The van der Waals surface area contributed by atoms with Gasteiger partial charge in [0.25, 0.3) is 0 Å². The first-order chi connectivity index (χ1) is 9.59. The lowest BCUT2D eigenvalue weighted by molar-refractivity contribution is 0.539. The van der Waals surface area contributed by atoms with Crippen molar-refractivity contribution in [3.05, 3.63) is 30.3 Å². The Labute approximate surface area is 130 Å². The number of thiocarbonyl (C=S) groups is 1. The highest BCUT2D eigenvalue weighted by Gasteiger charge is 2.16. The van der Waals surface area contributed by atoms with Gasteiger partial charge in [0, 0.05) is 25.4 Å². The van der Waals surface area contributed by atoms with Gasteiger partial charge in [-0.3, -0.25) is 0 Å². The Morgan fingerprint density at radius 3 is 2.55 bits per heavy atom. The second-order valence-electron chi connectivity index (χ2n) is 4.52. The first-order valence-electron chi connectivity index (χ1n) is 6.56. The monoisotopic (exact) mass is 330 g/mol. The fraction of sp³-hybridized carbons (Fsp3) is 0.462. The molecule has 7 heteroatoms. The third-order valence-electron chi connectivity index (χ3n) is 3.04. The third-order valence-corrected chi connectivity index (χ3v) is 6.04. The van der Waals surface area contributed by atoms with Crippen molar-refractivity contribution >= 4 is 38.3 Å². The summed E-state index contributed by atoms with van der Waals surface area (Å²) in [5.41, 5.74) is 0. The topological polar surface area (TPSA) is 49.4 Å². The van der Waals surface area contributed by atoms with E-state index in [1.54, 1.807) is 42.1 Å². The normalized spacial score (nSPS) is 15.5. The minimum atomic E-state index is -3.40. The number of sulfonamides is 1. The highest BCUT2D eigenvalue weighted by molar-refractivity contribution is 8.22. The Morgan fingerprint density at radius 2 is 1.90 bits per heavy atom. The van der Waals surface area contributed by atoms with Gasteiger partial charge in [0.15, 0.2) is 0 Å². The predicted molar refractivity (Wildman–Crippen MR) is 87.5 cm³/mol. The van der Waals surface area contributed by atoms with Crippen LogP contribution in [0.4, 0.5) is 0 Å². The molecule has 0 aromatic heterocycles. The molecule has 1 saturated heterocycles. The Morgan fingerprint density at radius 1 is 1.25 bits per heavy atom. The highest BCUT2D eigenvalue weighted by Crippen LogP contribution is 2.16. The smallest absolute Gasteiger partial charge is 0.240 e. The molecular weight excluding hydrogens is 312 g/mol. The van der Waals surface area contributed by atoms with E-state index in [9.17, 15) is 8.42 Å². The summed E-state index contributed by atoms with van der Waals surface area (Å²) in [5, 5.41) is 0. The van der Waals surface area contributed by atoms with E-state index >= 15 is 0 Å². The van der Waals surface area contributed by atoms with Crippen LogP contribution in [0, 0.1) is 0 Å². The molecule has 0 unspecified atom stereocenters. The van der Waals surface area contributed by atoms with Crippen LogP contribution in [0.1, 0.15) is 12.8 Å². The number of thioether (sulfide) groups is 1. The van der Waals surface area contributed by atoms with Crippen molar-refractivity contribution in [2.75, 3.05) is 25.4 Å². The van der Waals surface area contributed by atoms with Gasteiger partial charge in [-0.05, 0) is 25.0 Å². The van der Waals surface area contributed by atoms with Gasteiger partial charge < -0.3 is 4.90 Å². The summed E-state index contributed by atoms with van der Waals surface area (Å²) in [6, 6.07) is 8.40. The summed E-state index contributed by atoms with van der Waals surface area (Å²) in [6.45, 7) is 2.44. The maximum atomic E-state index is 12.0. The van der Waals surface area contributed by atoms with Crippen molar-refractivity contribution in [1.82, 2.24) is 9.62 Å². The van der Waals surface area contributed by atoms with E-state index in [1.165, 1.54) is 12.8 Å². The molecular formula is C13H18N2O2S3. The molecule has 1 heterocycles. The maximum Gasteiger partial charge on any atom is 0.240 e. The molecule has 0 spiro atoms. The number of likely N-dealkylation sites (tertiary alicyclic amines) is 1. The average Bonchev–Trinajstić information content (AvgIpc) is 2.98. The van der Waals surface area contributed by atoms with Crippen molar-refractivity contribution in [2.45, 2.75) is 17.7 Å². The van der Waals surface area contributed by atoms with Crippen LogP contribution in [0.2, 0.25) is 0 Å². The largest absolute Gasteiger partial charge is 0.358 e. The summed E-state index contributed by atoms with van der Waals surface area (Å²) >= 11 is 6.87. The van der Waals surface area contributed by atoms with E-state index < -0.39 is 10.0 Å². The van der Waals surface area contributed by atoms with Crippen LogP contribution >= 0.6 is 24.0 Å². The Hall–Kier alpha value is -0.630. The molecule has 0 atom stereocenters. The second-order valence-corrected chi connectivity index (χ2v) is 8.02. The maximum absolute atomic E-state index is 12.0. The lowest BCUT2D eigenvalue weighted by Gasteiger charge is -2.17. The molecule has 0 saturated carbocycles. The molecule has 1 fully saturated rings. The fourth-order valence-corrected chi connectivity index (χ4v) is 4.35. The summed E-state index contributed by atoms with van der Waals surface area (Å²) < 4.78 is 27.4. The lowest BCUT2D eigenvalue weighted by Crippen LogP contribution is -2.28. The number of benzene rings is 1. The Balaban J connectivity index is 1.74. The molecule has 0 bridgehead atoms. The van der Waals surface area contributed by atoms with E-state index in [-0.39, 0.29) is 0 Å². The van der Waals surface area contributed by atoms with Gasteiger partial charge in [0.05, 0.1) is 4.90 Å². The summed E-state index contributed by atoms with van der Waals surface area (Å²) in [7, 11) is -3.40. The van der Waals surface area contributed by atoms with Gasteiger partial charge in [-0.2, -0.15) is 0 Å². The standard InChI is InChI=1S/C13H18N2O2S3/c16-20(17,12-6-2-1-3-7-12)14-8-11-19-13(18)15-9-4-5-10-15/h1-3,6-7,14H,4-5,8-11H2. The van der Waals surface area contributed by atoms with Gasteiger partial charge in [-0.1, -0.05) is 42.2 Å². The predicted octanol–water partition coefficient (Wildman–Crippen LogP) is 2.08. The van der Waals surface area contributed by atoms with Crippen LogP contribution < -0.4 is 4.72 Å². The van der Waals surface area contributed by atoms with E-state index in [0.29, 0.717) is 17.2 Å². The first kappa shape index (κ1) is 15.8. The molecule has 110 valence electrons. The number of nitrogens with zero attached hydrogens (tertiary/aromatic N) is 1. The minimum Gasteiger partial charge on any atom is -0.358 e. The van der Waals surface area contributed by atoms with Crippen molar-refractivity contribution in [1.29, 1.82) is 0 Å². The molecule has 0 amide bonds. The zero-order chi connectivity index (χ0) is 14.4. The molecule has 4 nitrogen and oxygen atoms in total. The van der Waals surface area contributed by atoms with Gasteiger partial charge in [-0.25, -0.2) is 13.1 Å². The van der Waals surface area contributed by atoms with Crippen molar-refractivity contribution in [2.24, 2.45) is 0 Å². The van der Waals surface area contributed by atoms with Crippen LogP contribution in [-0.4, -0.2) is 43.0 Å². The summed E-state index contributed by atoms with van der Waals surface area (Å²) in [5.74, 6) is 0.654. The van der Waals surface area contributed by atoms with E-state index in [4.69, 9.17) is 12.2 Å². The van der Waals surface area contributed by atoms with Crippen LogP contribution in [0.5, 0.6) is 0 Å². The molecule has 2 rings (SSSR count). The van der Waals surface area contributed by atoms with Crippen LogP contribution in [0.3, 0.4) is 0 Å². The van der Waals surface area contributed by atoms with E-state index in [0.717, 1.165) is 17.4 Å². The SMILES string of the molecule is O=S(=O)(NCCSC(=S)N1CCCC1)c1ccccc1. The number of nitrogens with one attached hydrogen (secondary N) is 1. The Kier molecular flexibility index (Phi) is 5.83. The van der Waals surface area contributed by atoms with Crippen molar-refractivity contribution in [3.8, 4) is 0 Å². The van der Waals surface area contributed by atoms with Crippen molar-refractivity contribution in [3.63, 3.8) is 0 Å². The molecule has 0 aliphatic carbocycles. The minimum absolute atomic E-state index is 0.298. The van der Waals surface area contributed by atoms with Gasteiger partial charge in [0.2, 0.25) is 10.0 Å². The molecule has 0 radical (unpaired) electrons.